The molecule has 0 aromatic carbocycles. The lowest BCUT2D eigenvalue weighted by molar-refractivity contribution is 0.0762. The molecule has 31 heavy (non-hydrogen) atoms. The van der Waals surface area contributed by atoms with E-state index >= 15 is 0 Å². The zero-order valence-electron chi connectivity index (χ0n) is 16.5. The fourth-order valence-corrected chi connectivity index (χ4v) is 5.27. The molecular formula is C19H19F2N5O4S. The maximum absolute atomic E-state index is 13.4. The summed E-state index contributed by atoms with van der Waals surface area (Å²) in [7, 11) is -2.58. The molecule has 3 aliphatic rings. The Morgan fingerprint density at radius 2 is 2.10 bits per heavy atom. The van der Waals surface area contributed by atoms with Crippen LogP contribution in [-0.4, -0.2) is 62.0 Å². The van der Waals surface area contributed by atoms with E-state index in [0.29, 0.717) is 30.9 Å². The van der Waals surface area contributed by atoms with E-state index in [1.54, 1.807) is 17.0 Å². The minimum Gasteiger partial charge on any atom is -0.364 e. The quantitative estimate of drug-likeness (QED) is 0.706. The molecule has 1 fully saturated rings. The van der Waals surface area contributed by atoms with E-state index in [9.17, 15) is 22.0 Å². The van der Waals surface area contributed by atoms with E-state index in [1.165, 1.54) is 19.4 Å². The summed E-state index contributed by atoms with van der Waals surface area (Å²) >= 11 is 0. The second-order valence-electron chi connectivity index (χ2n) is 7.82. The number of carbonyl (C=O) groups is 1. The number of carbonyl (C=O) groups excluding carboxylic acids is 1. The van der Waals surface area contributed by atoms with Crippen molar-refractivity contribution >= 4 is 33.2 Å². The van der Waals surface area contributed by atoms with E-state index in [1.807, 2.05) is 6.08 Å². The molecule has 4 heterocycles. The van der Waals surface area contributed by atoms with E-state index in [-0.39, 0.29) is 30.4 Å². The maximum atomic E-state index is 13.4. The van der Waals surface area contributed by atoms with Gasteiger partial charge in [0.2, 0.25) is 0 Å². The van der Waals surface area contributed by atoms with Crippen LogP contribution in [0.5, 0.6) is 0 Å². The highest BCUT2D eigenvalue weighted by molar-refractivity contribution is 7.94. The van der Waals surface area contributed by atoms with Gasteiger partial charge in [0.25, 0.3) is 11.8 Å². The van der Waals surface area contributed by atoms with Crippen molar-refractivity contribution in [2.75, 3.05) is 35.3 Å². The average molecular weight is 451 g/mol. The van der Waals surface area contributed by atoms with Gasteiger partial charge in [-0.15, -0.1) is 0 Å². The predicted octanol–water partition coefficient (Wildman–Crippen LogP) is 2.16. The van der Waals surface area contributed by atoms with Crippen LogP contribution in [-0.2, 0) is 10.2 Å². The SMILES string of the molecule is CN1c2nc(C3=CCN(C(=O)c4ccon4)CC3)ccc2N(CC2CC2(F)F)S1(=O)=O. The van der Waals surface area contributed by atoms with Gasteiger partial charge in [0.05, 0.1) is 11.4 Å². The topological polar surface area (TPSA) is 99.8 Å². The summed E-state index contributed by atoms with van der Waals surface area (Å²) in [6.07, 6.45) is 3.43. The summed E-state index contributed by atoms with van der Waals surface area (Å²) in [6, 6.07) is 4.79. The Hall–Kier alpha value is -3.02. The van der Waals surface area contributed by atoms with Crippen LogP contribution in [0.25, 0.3) is 5.57 Å². The third kappa shape index (κ3) is 3.25. The van der Waals surface area contributed by atoms with Crippen molar-refractivity contribution in [3.8, 4) is 0 Å². The summed E-state index contributed by atoms with van der Waals surface area (Å²) in [4.78, 5) is 18.5. The smallest absolute Gasteiger partial charge is 0.327 e. The number of hydrogen-bond acceptors (Lipinski definition) is 6. The zero-order chi connectivity index (χ0) is 22.0. The molecule has 1 aliphatic carbocycles. The fourth-order valence-electron chi connectivity index (χ4n) is 3.86. The Morgan fingerprint density at radius 3 is 2.71 bits per heavy atom. The van der Waals surface area contributed by atoms with Crippen molar-refractivity contribution in [2.24, 2.45) is 5.92 Å². The number of rotatable bonds is 4. The highest BCUT2D eigenvalue weighted by Crippen LogP contribution is 2.51. The van der Waals surface area contributed by atoms with Crippen LogP contribution in [0.1, 0.15) is 29.0 Å². The molecule has 5 rings (SSSR count). The number of pyridine rings is 1. The second-order valence-corrected chi connectivity index (χ2v) is 9.71. The summed E-state index contributed by atoms with van der Waals surface area (Å²) in [5, 5.41) is 3.66. The Morgan fingerprint density at radius 1 is 1.32 bits per heavy atom. The van der Waals surface area contributed by atoms with Gasteiger partial charge in [-0.05, 0) is 24.1 Å². The Kier molecular flexibility index (Phi) is 4.33. The Labute approximate surface area is 177 Å². The number of aromatic nitrogens is 2. The summed E-state index contributed by atoms with van der Waals surface area (Å²) in [5.41, 5.74) is 2.01. The van der Waals surface area contributed by atoms with Crippen LogP contribution in [0.2, 0.25) is 0 Å². The molecule has 0 spiro atoms. The van der Waals surface area contributed by atoms with Crippen LogP contribution >= 0.6 is 0 Å². The molecule has 0 saturated heterocycles. The minimum atomic E-state index is -3.94. The lowest BCUT2D eigenvalue weighted by Crippen LogP contribution is -2.37. The van der Waals surface area contributed by atoms with Gasteiger partial charge in [0, 0.05) is 45.1 Å². The lowest BCUT2D eigenvalue weighted by Gasteiger charge is -2.25. The Bertz CT molecular complexity index is 1180. The summed E-state index contributed by atoms with van der Waals surface area (Å²) in [6.45, 7) is 0.541. The molecule has 9 nitrogen and oxygen atoms in total. The normalized spacial score (nSPS) is 23.5. The van der Waals surface area contributed by atoms with Gasteiger partial charge in [-0.25, -0.2) is 22.4 Å². The number of amides is 1. The first kappa shape index (κ1) is 19.9. The molecule has 1 unspecified atom stereocenters. The van der Waals surface area contributed by atoms with E-state index in [0.717, 1.165) is 14.2 Å². The fraction of sp³-hybridized carbons (Fsp3) is 0.421. The molecule has 0 bridgehead atoms. The van der Waals surface area contributed by atoms with Crippen LogP contribution in [0, 0.1) is 5.92 Å². The number of hydrogen-bond donors (Lipinski definition) is 0. The number of halogens is 2. The van der Waals surface area contributed by atoms with Gasteiger partial charge >= 0.3 is 10.2 Å². The molecule has 2 aromatic heterocycles. The first-order valence-electron chi connectivity index (χ1n) is 9.73. The molecule has 0 N–H and O–H groups in total. The highest BCUT2D eigenvalue weighted by atomic mass is 32.2. The molecule has 12 heteroatoms. The zero-order valence-corrected chi connectivity index (χ0v) is 17.3. The number of nitrogens with zero attached hydrogens (tertiary/aromatic N) is 5. The molecule has 1 atom stereocenters. The standard InChI is InChI=1S/C19H19F2N5O4S/c1-24-17-16(26(31(24,28)29)11-13-10-19(13,20)21)3-2-14(22-17)12-4-7-25(8-5-12)18(27)15-6-9-30-23-15/h2-4,6,9,13H,5,7-8,10-11H2,1H3. The van der Waals surface area contributed by atoms with Crippen LogP contribution in [0.3, 0.4) is 0 Å². The van der Waals surface area contributed by atoms with Crippen LogP contribution < -0.4 is 8.61 Å². The molecule has 0 radical (unpaired) electrons. The molecular weight excluding hydrogens is 432 g/mol. The van der Waals surface area contributed by atoms with Gasteiger partial charge < -0.3 is 9.42 Å². The minimum absolute atomic E-state index is 0.212. The summed E-state index contributed by atoms with van der Waals surface area (Å²) < 4.78 is 59.0. The molecule has 2 aromatic rings. The van der Waals surface area contributed by atoms with Crippen molar-refractivity contribution in [3.63, 3.8) is 0 Å². The predicted molar refractivity (Wildman–Crippen MR) is 107 cm³/mol. The van der Waals surface area contributed by atoms with E-state index in [2.05, 4.69) is 10.1 Å². The number of fused-ring (bicyclic) bond motifs is 1. The number of alkyl halides is 2. The van der Waals surface area contributed by atoms with Gasteiger partial charge in [0.15, 0.2) is 11.5 Å². The molecule has 1 saturated carbocycles. The monoisotopic (exact) mass is 451 g/mol. The van der Waals surface area contributed by atoms with E-state index < -0.39 is 22.0 Å². The highest BCUT2D eigenvalue weighted by Gasteiger charge is 2.59. The van der Waals surface area contributed by atoms with Crippen molar-refractivity contribution in [3.05, 3.63) is 41.9 Å². The van der Waals surface area contributed by atoms with Gasteiger partial charge in [0.1, 0.15) is 6.26 Å². The second kappa shape index (κ2) is 6.74. The third-order valence-electron chi connectivity index (χ3n) is 5.87. The van der Waals surface area contributed by atoms with Crippen LogP contribution in [0.15, 0.2) is 35.1 Å². The van der Waals surface area contributed by atoms with Crippen molar-refractivity contribution in [1.29, 1.82) is 0 Å². The Balaban J connectivity index is 1.37. The third-order valence-corrected chi connectivity index (χ3v) is 7.64. The van der Waals surface area contributed by atoms with Gasteiger partial charge in [-0.3, -0.25) is 4.79 Å². The van der Waals surface area contributed by atoms with Crippen molar-refractivity contribution in [1.82, 2.24) is 15.0 Å². The van der Waals surface area contributed by atoms with E-state index in [4.69, 9.17) is 4.52 Å². The van der Waals surface area contributed by atoms with Gasteiger partial charge in [-0.2, -0.15) is 8.42 Å². The molecule has 164 valence electrons. The first-order valence-corrected chi connectivity index (χ1v) is 11.1. The molecule has 2 aliphatic heterocycles. The average Bonchev–Trinajstić information content (AvgIpc) is 3.10. The van der Waals surface area contributed by atoms with Crippen LogP contribution in [0.4, 0.5) is 20.3 Å². The van der Waals surface area contributed by atoms with Crippen molar-refractivity contribution in [2.45, 2.75) is 18.8 Å². The van der Waals surface area contributed by atoms with Crippen molar-refractivity contribution < 1.29 is 26.5 Å². The first-order chi connectivity index (χ1) is 14.7. The lowest BCUT2D eigenvalue weighted by atomic mass is 10.0. The maximum Gasteiger partial charge on any atom is 0.327 e. The molecule has 1 amide bonds. The largest absolute Gasteiger partial charge is 0.364 e. The van der Waals surface area contributed by atoms with Gasteiger partial charge in [-0.1, -0.05) is 11.2 Å². The summed E-state index contributed by atoms with van der Waals surface area (Å²) in [5.74, 6) is -3.81. The number of anilines is 2.